The monoisotopic (exact) mass is 402 g/mol. The van der Waals surface area contributed by atoms with Gasteiger partial charge in [0.15, 0.2) is 11.5 Å². The number of nitrogen functional groups attached to an aromatic ring is 1. The van der Waals surface area contributed by atoms with Crippen molar-refractivity contribution in [2.75, 3.05) is 12.5 Å². The molecule has 0 radical (unpaired) electrons. The van der Waals surface area contributed by atoms with Gasteiger partial charge in [-0.15, -0.1) is 0 Å². The highest BCUT2D eigenvalue weighted by atomic mass is 16.7. The molecule has 0 atom stereocenters. The summed E-state index contributed by atoms with van der Waals surface area (Å²) in [7, 11) is 0. The number of nitrogens with zero attached hydrogens (tertiary/aromatic N) is 3. The van der Waals surface area contributed by atoms with Crippen LogP contribution in [0.4, 0.5) is 11.5 Å². The molecule has 1 aliphatic heterocycles. The van der Waals surface area contributed by atoms with Crippen molar-refractivity contribution in [1.82, 2.24) is 4.98 Å². The molecule has 0 unspecified atom stereocenters. The fraction of sp³-hybridized carbons (Fsp3) is 0.182. The van der Waals surface area contributed by atoms with Crippen LogP contribution < -0.4 is 15.2 Å². The minimum Gasteiger partial charge on any atom is -0.454 e. The van der Waals surface area contributed by atoms with Crippen LogP contribution in [0.5, 0.6) is 11.5 Å². The van der Waals surface area contributed by atoms with E-state index in [1.54, 1.807) is 6.07 Å². The maximum absolute atomic E-state index is 11.7. The van der Waals surface area contributed by atoms with Gasteiger partial charge < -0.3 is 15.2 Å². The minimum atomic E-state index is -0.520. The molecule has 2 aromatic carbocycles. The normalized spacial score (nSPS) is 11.9. The number of ether oxygens (including phenoxy) is 2. The Morgan fingerprint density at radius 2 is 1.87 bits per heavy atom. The van der Waals surface area contributed by atoms with E-state index in [9.17, 15) is 15.4 Å². The van der Waals surface area contributed by atoms with Crippen LogP contribution in [0.2, 0.25) is 0 Å². The number of hydrogen-bond donors (Lipinski definition) is 1. The Hall–Kier alpha value is -4.12. The zero-order valence-electron chi connectivity index (χ0n) is 16.2. The predicted molar refractivity (Wildman–Crippen MR) is 111 cm³/mol. The van der Waals surface area contributed by atoms with E-state index in [4.69, 9.17) is 15.2 Å². The first-order chi connectivity index (χ1) is 14.5. The molecule has 0 fully saturated rings. The Labute approximate surface area is 172 Å². The summed E-state index contributed by atoms with van der Waals surface area (Å²) in [6.45, 7) is 2.09. The molecule has 0 saturated heterocycles. The fourth-order valence-electron chi connectivity index (χ4n) is 3.47. The van der Waals surface area contributed by atoms with Crippen LogP contribution in [0, 0.1) is 21.4 Å². The van der Waals surface area contributed by atoms with Gasteiger partial charge in [-0.05, 0) is 24.1 Å². The number of rotatable bonds is 5. The first kappa shape index (κ1) is 19.2. The second-order valence-electron chi connectivity index (χ2n) is 6.85. The van der Waals surface area contributed by atoms with Gasteiger partial charge in [0.05, 0.1) is 22.2 Å². The highest BCUT2D eigenvalue weighted by Crippen LogP contribution is 2.44. The standard InChI is InChI=1S/C22H18N4O4/c1-2-3-13-4-6-14(7-5-13)18-8-15(17(11-23)22(24)25-18)16-9-20-21(30-12-29-20)10-19(16)26(27)28/h4-10H,2-3,12H2,1H3,(H2,24,25). The quantitative estimate of drug-likeness (QED) is 0.493. The van der Waals surface area contributed by atoms with Crippen molar-refractivity contribution in [3.63, 3.8) is 0 Å². The van der Waals surface area contributed by atoms with Gasteiger partial charge in [-0.25, -0.2) is 4.98 Å². The lowest BCUT2D eigenvalue weighted by Gasteiger charge is -2.12. The number of nitro benzene ring substituents is 1. The molecule has 1 aromatic heterocycles. The van der Waals surface area contributed by atoms with Crippen LogP contribution >= 0.6 is 0 Å². The summed E-state index contributed by atoms with van der Waals surface area (Å²) in [5.74, 6) is 0.674. The molecule has 0 saturated carbocycles. The van der Waals surface area contributed by atoms with E-state index in [-0.39, 0.29) is 35.2 Å². The van der Waals surface area contributed by atoms with Gasteiger partial charge in [-0.1, -0.05) is 37.6 Å². The Balaban J connectivity index is 1.90. The Bertz CT molecular complexity index is 1180. The molecule has 3 aromatic rings. The summed E-state index contributed by atoms with van der Waals surface area (Å²) in [4.78, 5) is 15.5. The lowest BCUT2D eigenvalue weighted by Crippen LogP contribution is -2.01. The summed E-state index contributed by atoms with van der Waals surface area (Å²) in [5, 5.41) is 21.4. The van der Waals surface area contributed by atoms with Crippen molar-refractivity contribution in [2.24, 2.45) is 0 Å². The van der Waals surface area contributed by atoms with E-state index in [2.05, 4.69) is 11.9 Å². The summed E-state index contributed by atoms with van der Waals surface area (Å²) in [5.41, 5.74) is 9.01. The van der Waals surface area contributed by atoms with E-state index >= 15 is 0 Å². The van der Waals surface area contributed by atoms with Crippen LogP contribution in [-0.2, 0) is 6.42 Å². The summed E-state index contributed by atoms with van der Waals surface area (Å²) in [6.07, 6.45) is 2.01. The van der Waals surface area contributed by atoms with Crippen molar-refractivity contribution in [3.05, 3.63) is 63.7 Å². The molecule has 2 heterocycles. The third-order valence-electron chi connectivity index (χ3n) is 4.93. The number of pyridine rings is 1. The Morgan fingerprint density at radius 1 is 1.17 bits per heavy atom. The molecule has 0 spiro atoms. The van der Waals surface area contributed by atoms with Gasteiger partial charge in [-0.2, -0.15) is 5.26 Å². The molecule has 0 bridgehead atoms. The van der Waals surface area contributed by atoms with Gasteiger partial charge in [0, 0.05) is 11.1 Å². The summed E-state index contributed by atoms with van der Waals surface area (Å²) in [6, 6.07) is 14.3. The van der Waals surface area contributed by atoms with Crippen LogP contribution in [0.1, 0.15) is 24.5 Å². The highest BCUT2D eigenvalue weighted by molar-refractivity contribution is 5.86. The number of nitro groups is 1. The number of benzene rings is 2. The van der Waals surface area contributed by atoms with Crippen molar-refractivity contribution in [1.29, 1.82) is 5.26 Å². The van der Waals surface area contributed by atoms with E-state index in [1.807, 2.05) is 30.3 Å². The number of fused-ring (bicyclic) bond motifs is 1. The van der Waals surface area contributed by atoms with Crippen molar-refractivity contribution >= 4 is 11.5 Å². The van der Waals surface area contributed by atoms with Gasteiger partial charge in [0.2, 0.25) is 6.79 Å². The molecule has 0 amide bonds. The summed E-state index contributed by atoms with van der Waals surface area (Å²) >= 11 is 0. The van der Waals surface area contributed by atoms with Crippen molar-refractivity contribution < 1.29 is 14.4 Å². The molecule has 4 rings (SSSR count). The van der Waals surface area contributed by atoms with Gasteiger partial charge in [0.25, 0.3) is 5.69 Å². The molecule has 8 heteroatoms. The molecule has 2 N–H and O–H groups in total. The first-order valence-electron chi connectivity index (χ1n) is 9.40. The maximum atomic E-state index is 11.7. The van der Waals surface area contributed by atoms with Gasteiger partial charge >= 0.3 is 0 Å². The molecule has 150 valence electrons. The number of hydrogen-bond acceptors (Lipinski definition) is 7. The third kappa shape index (κ3) is 3.37. The Kier molecular flexibility index (Phi) is 4.94. The van der Waals surface area contributed by atoms with Gasteiger partial charge in [-0.3, -0.25) is 10.1 Å². The van der Waals surface area contributed by atoms with E-state index < -0.39 is 4.92 Å². The molecule has 8 nitrogen and oxygen atoms in total. The molecule has 0 aliphatic carbocycles. The second-order valence-corrected chi connectivity index (χ2v) is 6.85. The fourth-order valence-corrected chi connectivity index (χ4v) is 3.47. The Morgan fingerprint density at radius 3 is 2.50 bits per heavy atom. The average Bonchev–Trinajstić information content (AvgIpc) is 3.20. The molecular weight excluding hydrogens is 384 g/mol. The lowest BCUT2D eigenvalue weighted by atomic mass is 9.96. The molecular formula is C22H18N4O4. The number of aryl methyl sites for hydroxylation is 1. The number of nitrogens with two attached hydrogens (primary N) is 1. The average molecular weight is 402 g/mol. The van der Waals surface area contributed by atoms with Gasteiger partial charge in [0.1, 0.15) is 17.5 Å². The van der Waals surface area contributed by atoms with E-state index in [1.165, 1.54) is 17.7 Å². The van der Waals surface area contributed by atoms with Crippen LogP contribution in [0.15, 0.2) is 42.5 Å². The maximum Gasteiger partial charge on any atom is 0.281 e. The SMILES string of the molecule is CCCc1ccc(-c2cc(-c3cc4c(cc3[N+](=O)[O-])OCO4)c(C#N)c(N)n2)cc1. The largest absolute Gasteiger partial charge is 0.454 e. The number of anilines is 1. The van der Waals surface area contributed by atoms with Crippen LogP contribution in [0.25, 0.3) is 22.4 Å². The zero-order valence-corrected chi connectivity index (χ0v) is 16.2. The van der Waals surface area contributed by atoms with Crippen LogP contribution in [-0.4, -0.2) is 16.7 Å². The highest BCUT2D eigenvalue weighted by Gasteiger charge is 2.27. The molecule has 1 aliphatic rings. The smallest absolute Gasteiger partial charge is 0.281 e. The van der Waals surface area contributed by atoms with Crippen molar-refractivity contribution in [2.45, 2.75) is 19.8 Å². The van der Waals surface area contributed by atoms with E-state index in [0.29, 0.717) is 17.0 Å². The second kappa shape index (κ2) is 7.72. The van der Waals surface area contributed by atoms with E-state index in [0.717, 1.165) is 18.4 Å². The van der Waals surface area contributed by atoms with Crippen molar-refractivity contribution in [3.8, 4) is 40.0 Å². The number of aromatic nitrogens is 1. The topological polar surface area (TPSA) is 124 Å². The minimum absolute atomic E-state index is 0.00889. The first-order valence-corrected chi connectivity index (χ1v) is 9.40. The third-order valence-corrected chi connectivity index (χ3v) is 4.93. The number of nitriles is 1. The summed E-state index contributed by atoms with van der Waals surface area (Å²) < 4.78 is 10.6. The predicted octanol–water partition coefficient (Wildman–Crippen LogP) is 4.46. The van der Waals surface area contributed by atoms with Crippen LogP contribution in [0.3, 0.4) is 0 Å². The lowest BCUT2D eigenvalue weighted by molar-refractivity contribution is -0.384. The molecule has 30 heavy (non-hydrogen) atoms. The zero-order chi connectivity index (χ0) is 21.3.